The van der Waals surface area contributed by atoms with Gasteiger partial charge in [0.05, 0.1) is 33.2 Å². The molecule has 1 aliphatic heterocycles. The first-order chi connectivity index (χ1) is 15.0. The second kappa shape index (κ2) is 17.4. The summed E-state index contributed by atoms with van der Waals surface area (Å²) in [5.74, 6) is 0.656. The van der Waals surface area contributed by atoms with Crippen LogP contribution in [0.3, 0.4) is 0 Å². The van der Waals surface area contributed by atoms with E-state index in [0.717, 1.165) is 28.5 Å². The topological polar surface area (TPSA) is 131 Å². The molecule has 0 unspecified atom stereocenters. The number of ether oxygens (including phenoxy) is 3. The van der Waals surface area contributed by atoms with Crippen LogP contribution < -0.4 is 4.74 Å². The summed E-state index contributed by atoms with van der Waals surface area (Å²) in [6.07, 6.45) is 0.554. The Morgan fingerprint density at radius 3 is 2.06 bits per heavy atom. The minimum Gasteiger partial charge on any atom is 0 e. The van der Waals surface area contributed by atoms with E-state index in [4.69, 9.17) is 32.4 Å². The van der Waals surface area contributed by atoms with Crippen LogP contribution in [0.2, 0.25) is 0 Å². The second-order valence-corrected chi connectivity index (χ2v) is 7.27. The predicted octanol–water partition coefficient (Wildman–Crippen LogP) is 2.77. The molecule has 0 aromatic heterocycles. The number of benzene rings is 2. The first-order valence-corrected chi connectivity index (χ1v) is 10.3. The molecule has 1 fully saturated rings. The standard InChI is InChI=1S/C18H20O6S.3CO.Cr/c1-21-16-9-5-8-15(18-22-10-11-23-18)17(16)14-7-4-3-6-13(14)12-24-25(2,19)20;3*1-2;/h3-9,18H,10-12H2,1-2H3;;;;. The van der Waals surface area contributed by atoms with Gasteiger partial charge in [0, 0.05) is 28.5 Å². The fraction of sp³-hybridized carbons (Fsp3) is 0.286. The monoisotopic (exact) mass is 500 g/mol. The molecule has 0 spiro atoms. The van der Waals surface area contributed by atoms with Gasteiger partial charge in [-0.2, -0.15) is 8.42 Å². The number of rotatable bonds is 6. The molecule has 0 saturated carbocycles. The van der Waals surface area contributed by atoms with Crippen molar-refractivity contribution in [3.63, 3.8) is 0 Å². The molecule has 170 valence electrons. The Hall–Kier alpha value is -2.18. The number of methoxy groups -OCH3 is 1. The molecule has 0 amide bonds. The van der Waals surface area contributed by atoms with E-state index < -0.39 is 16.4 Å². The quantitative estimate of drug-likeness (QED) is 0.341. The molecule has 2 aromatic carbocycles. The smallest absolute Gasteiger partial charge is 0 e. The average molecular weight is 500 g/mol. The Bertz CT molecular complexity index is 964. The van der Waals surface area contributed by atoms with Crippen molar-refractivity contribution >= 4 is 10.1 Å². The Morgan fingerprint density at radius 2 is 1.53 bits per heavy atom. The van der Waals surface area contributed by atoms with Crippen molar-refractivity contribution in [2.24, 2.45) is 0 Å². The Morgan fingerprint density at radius 1 is 0.969 bits per heavy atom. The molecule has 11 heteroatoms. The Labute approximate surface area is 198 Å². The minimum atomic E-state index is -3.54. The third-order valence-electron chi connectivity index (χ3n) is 3.87. The third kappa shape index (κ3) is 9.53. The molecule has 9 nitrogen and oxygen atoms in total. The SMILES string of the molecule is COc1cccc(C2OCCO2)c1-c1ccccc1COS(C)(=O)=O.[C-]#[O+].[C-]#[O+].[C-]#[O+].[Cr]. The van der Waals surface area contributed by atoms with Crippen LogP contribution in [0.25, 0.3) is 11.1 Å². The van der Waals surface area contributed by atoms with Gasteiger partial charge in [-0.25, -0.2) is 0 Å². The van der Waals surface area contributed by atoms with Gasteiger partial charge in [-0.3, -0.25) is 4.18 Å². The summed E-state index contributed by atoms with van der Waals surface area (Å²) in [6.45, 7) is 14.5. The summed E-state index contributed by atoms with van der Waals surface area (Å²) in [4.78, 5) is 0. The van der Waals surface area contributed by atoms with Gasteiger partial charge < -0.3 is 14.2 Å². The van der Waals surface area contributed by atoms with Crippen molar-refractivity contribution in [2.45, 2.75) is 12.9 Å². The average Bonchev–Trinajstić information content (AvgIpc) is 3.36. The molecule has 0 aliphatic carbocycles. The number of hydrogen-bond acceptors (Lipinski definition) is 6. The van der Waals surface area contributed by atoms with E-state index in [1.807, 2.05) is 42.5 Å². The van der Waals surface area contributed by atoms with Crippen molar-refractivity contribution in [1.82, 2.24) is 0 Å². The first-order valence-electron chi connectivity index (χ1n) is 8.43. The van der Waals surface area contributed by atoms with Gasteiger partial charge in [-0.15, -0.1) is 0 Å². The predicted molar refractivity (Wildman–Crippen MR) is 104 cm³/mol. The molecule has 3 rings (SSSR count). The van der Waals surface area contributed by atoms with Crippen molar-refractivity contribution in [1.29, 1.82) is 0 Å². The number of hydrogen-bond donors (Lipinski definition) is 0. The summed E-state index contributed by atoms with van der Waals surface area (Å²) in [5, 5.41) is 0. The minimum absolute atomic E-state index is 0. The Balaban J connectivity index is 0. The zero-order valence-corrected chi connectivity index (χ0v) is 19.3. The van der Waals surface area contributed by atoms with Crippen LogP contribution in [0.5, 0.6) is 5.75 Å². The van der Waals surface area contributed by atoms with E-state index in [1.54, 1.807) is 7.11 Å². The van der Waals surface area contributed by atoms with Gasteiger partial charge in [0.15, 0.2) is 6.29 Å². The van der Waals surface area contributed by atoms with Crippen LogP contribution in [0.15, 0.2) is 42.5 Å². The van der Waals surface area contributed by atoms with Crippen LogP contribution in [-0.4, -0.2) is 35.0 Å². The summed E-state index contributed by atoms with van der Waals surface area (Å²) in [6, 6.07) is 13.1. The van der Waals surface area contributed by atoms with E-state index in [9.17, 15) is 8.42 Å². The molecule has 1 aliphatic rings. The maximum Gasteiger partial charge on any atom is 0 e. The summed E-state index contributed by atoms with van der Waals surface area (Å²) < 4.78 is 67.0. The first kappa shape index (κ1) is 32.0. The van der Waals surface area contributed by atoms with Crippen molar-refractivity contribution < 1.29 is 58.1 Å². The van der Waals surface area contributed by atoms with Crippen LogP contribution in [-0.2, 0) is 61.7 Å². The van der Waals surface area contributed by atoms with Crippen molar-refractivity contribution in [3.8, 4) is 16.9 Å². The molecular weight excluding hydrogens is 480 g/mol. The van der Waals surface area contributed by atoms with E-state index in [-0.39, 0.29) is 24.0 Å². The molecule has 1 saturated heterocycles. The van der Waals surface area contributed by atoms with Gasteiger partial charge in [0.25, 0.3) is 10.1 Å². The summed E-state index contributed by atoms with van der Waals surface area (Å²) in [7, 11) is -1.95. The molecule has 0 atom stereocenters. The fourth-order valence-corrected chi connectivity index (χ4v) is 3.14. The van der Waals surface area contributed by atoms with Gasteiger partial charge in [0.2, 0.25) is 0 Å². The molecule has 1 heterocycles. The molecule has 32 heavy (non-hydrogen) atoms. The third-order valence-corrected chi connectivity index (χ3v) is 4.42. The Kier molecular flexibility index (Phi) is 17.4. The maximum atomic E-state index is 11.4. The van der Waals surface area contributed by atoms with E-state index >= 15 is 0 Å². The molecular formula is C21H20CrO9S. The van der Waals surface area contributed by atoms with Crippen LogP contribution >= 0.6 is 0 Å². The van der Waals surface area contributed by atoms with E-state index in [2.05, 4.69) is 20.0 Å². The van der Waals surface area contributed by atoms with Crippen molar-refractivity contribution in [3.05, 3.63) is 73.5 Å². The van der Waals surface area contributed by atoms with Gasteiger partial charge in [-0.05, 0) is 17.2 Å². The molecule has 0 N–H and O–H groups in total. The summed E-state index contributed by atoms with van der Waals surface area (Å²) >= 11 is 0. The maximum absolute atomic E-state index is 11.4. The zero-order chi connectivity index (χ0) is 23.9. The van der Waals surface area contributed by atoms with Crippen molar-refractivity contribution in [2.75, 3.05) is 26.6 Å². The van der Waals surface area contributed by atoms with Crippen LogP contribution in [0, 0.1) is 20.0 Å². The summed E-state index contributed by atoms with van der Waals surface area (Å²) in [5.41, 5.74) is 3.20. The molecule has 2 aromatic rings. The molecule has 0 radical (unpaired) electrons. The molecule has 0 bridgehead atoms. The van der Waals surface area contributed by atoms with Gasteiger partial charge >= 0.3 is 33.9 Å². The zero-order valence-electron chi connectivity index (χ0n) is 17.2. The largest absolute Gasteiger partial charge is 0 e. The van der Waals surface area contributed by atoms with Gasteiger partial charge in [0.1, 0.15) is 5.75 Å². The van der Waals surface area contributed by atoms with Crippen LogP contribution in [0.4, 0.5) is 0 Å². The normalized spacial score (nSPS) is 12.2. The second-order valence-electron chi connectivity index (χ2n) is 5.62. The van der Waals surface area contributed by atoms with Crippen LogP contribution in [0.1, 0.15) is 17.4 Å². The fourth-order valence-electron chi connectivity index (χ4n) is 2.80. The van der Waals surface area contributed by atoms with Gasteiger partial charge in [-0.1, -0.05) is 36.4 Å². The van der Waals surface area contributed by atoms with E-state index in [1.165, 1.54) is 0 Å². The van der Waals surface area contributed by atoms with E-state index in [0.29, 0.717) is 19.0 Å².